The first-order chi connectivity index (χ1) is 15.3. The van der Waals surface area contributed by atoms with Gasteiger partial charge in [0.15, 0.2) is 0 Å². The van der Waals surface area contributed by atoms with Gasteiger partial charge < -0.3 is 10.6 Å². The lowest BCUT2D eigenvalue weighted by molar-refractivity contribution is -0.165. The van der Waals surface area contributed by atoms with E-state index in [0.717, 1.165) is 22.9 Å². The van der Waals surface area contributed by atoms with Gasteiger partial charge in [-0.05, 0) is 28.8 Å². The summed E-state index contributed by atoms with van der Waals surface area (Å²) in [5.41, 5.74) is 3.38. The molecule has 0 aliphatic rings. The average Bonchev–Trinajstić information content (AvgIpc) is 2.79. The SMILES string of the molecule is O=C(Nc1ccc(-c2ccccc2)cc1)C(Cc1ccccc1)N/C=C/C(=O)C(F)(F)F. The van der Waals surface area contributed by atoms with Gasteiger partial charge in [0, 0.05) is 24.4 Å². The third-order valence-electron chi connectivity index (χ3n) is 4.67. The van der Waals surface area contributed by atoms with Crippen molar-refractivity contribution in [2.75, 3.05) is 5.32 Å². The zero-order valence-corrected chi connectivity index (χ0v) is 17.0. The smallest absolute Gasteiger partial charge is 0.379 e. The molecule has 0 saturated heterocycles. The summed E-state index contributed by atoms with van der Waals surface area (Å²) >= 11 is 0. The molecule has 0 aromatic heterocycles. The fraction of sp³-hybridized carbons (Fsp3) is 0.120. The molecule has 0 heterocycles. The van der Waals surface area contributed by atoms with Crippen LogP contribution in [0.2, 0.25) is 0 Å². The number of alkyl halides is 3. The first-order valence-corrected chi connectivity index (χ1v) is 9.87. The number of carbonyl (C=O) groups is 2. The molecule has 1 atom stereocenters. The highest BCUT2D eigenvalue weighted by atomic mass is 19.4. The van der Waals surface area contributed by atoms with Crippen molar-refractivity contribution in [1.82, 2.24) is 5.32 Å². The Morgan fingerprint density at radius 1 is 0.812 bits per heavy atom. The minimum Gasteiger partial charge on any atom is -0.379 e. The molecule has 0 bridgehead atoms. The van der Waals surface area contributed by atoms with E-state index in [-0.39, 0.29) is 6.42 Å². The molecule has 32 heavy (non-hydrogen) atoms. The monoisotopic (exact) mass is 438 g/mol. The molecular weight excluding hydrogens is 417 g/mol. The standard InChI is InChI=1S/C25H21F3N2O2/c26-25(27,28)23(31)15-16-29-22(17-18-7-3-1-4-8-18)24(32)30-21-13-11-20(12-14-21)19-9-5-2-6-10-19/h1-16,22,29H,17H2,(H,30,32)/b16-15+. The minimum atomic E-state index is -4.96. The van der Waals surface area contributed by atoms with Crippen LogP contribution in [0, 0.1) is 0 Å². The van der Waals surface area contributed by atoms with Crippen LogP contribution in [0.4, 0.5) is 18.9 Å². The van der Waals surface area contributed by atoms with Crippen LogP contribution in [0.15, 0.2) is 97.2 Å². The Morgan fingerprint density at radius 2 is 1.38 bits per heavy atom. The number of nitrogens with one attached hydrogen (secondary N) is 2. The predicted octanol–water partition coefficient (Wildman–Crippen LogP) is 5.14. The quantitative estimate of drug-likeness (QED) is 0.479. The molecule has 7 heteroatoms. The molecule has 1 unspecified atom stereocenters. The molecule has 4 nitrogen and oxygen atoms in total. The lowest BCUT2D eigenvalue weighted by atomic mass is 10.0. The largest absolute Gasteiger partial charge is 0.454 e. The molecule has 0 saturated carbocycles. The number of hydrogen-bond acceptors (Lipinski definition) is 3. The number of ketones is 1. The third kappa shape index (κ3) is 6.57. The fourth-order valence-electron chi connectivity index (χ4n) is 3.02. The number of anilines is 1. The van der Waals surface area contributed by atoms with Crippen molar-refractivity contribution in [1.29, 1.82) is 0 Å². The summed E-state index contributed by atoms with van der Waals surface area (Å²) in [7, 11) is 0. The highest BCUT2D eigenvalue weighted by Gasteiger charge is 2.36. The van der Waals surface area contributed by atoms with Crippen molar-refractivity contribution in [3.63, 3.8) is 0 Å². The van der Waals surface area contributed by atoms with Gasteiger partial charge in [-0.1, -0.05) is 72.8 Å². The molecule has 3 aromatic carbocycles. The van der Waals surface area contributed by atoms with Gasteiger partial charge in [0.25, 0.3) is 5.78 Å². The van der Waals surface area contributed by atoms with Gasteiger partial charge in [0.1, 0.15) is 6.04 Å². The molecule has 2 N–H and O–H groups in total. The number of hydrogen-bond donors (Lipinski definition) is 2. The molecule has 164 valence electrons. The number of rotatable bonds is 8. The van der Waals surface area contributed by atoms with Gasteiger partial charge in [-0.3, -0.25) is 9.59 Å². The lowest BCUT2D eigenvalue weighted by Crippen LogP contribution is -2.39. The maximum absolute atomic E-state index is 12.8. The lowest BCUT2D eigenvalue weighted by Gasteiger charge is -2.18. The van der Waals surface area contributed by atoms with Gasteiger partial charge in [-0.25, -0.2) is 0 Å². The summed E-state index contributed by atoms with van der Waals surface area (Å²) in [4.78, 5) is 23.9. The highest BCUT2D eigenvalue weighted by molar-refractivity contribution is 5.96. The summed E-state index contributed by atoms with van der Waals surface area (Å²) in [5, 5.41) is 5.38. The van der Waals surface area contributed by atoms with E-state index in [2.05, 4.69) is 10.6 Å². The molecule has 3 aromatic rings. The second kappa shape index (κ2) is 10.4. The molecule has 1 amide bonds. The average molecular weight is 438 g/mol. The number of amides is 1. The maximum atomic E-state index is 12.8. The normalized spacial score (nSPS) is 12.3. The summed E-state index contributed by atoms with van der Waals surface area (Å²) in [6.07, 6.45) is -3.50. The van der Waals surface area contributed by atoms with E-state index in [9.17, 15) is 22.8 Å². The van der Waals surface area contributed by atoms with E-state index in [4.69, 9.17) is 0 Å². The van der Waals surface area contributed by atoms with E-state index < -0.39 is 23.9 Å². The van der Waals surface area contributed by atoms with Crippen LogP contribution in [-0.2, 0) is 16.0 Å². The van der Waals surface area contributed by atoms with Crippen molar-refractivity contribution in [2.24, 2.45) is 0 Å². The van der Waals surface area contributed by atoms with E-state index in [1.165, 1.54) is 0 Å². The Hall–Kier alpha value is -3.87. The number of allylic oxidation sites excluding steroid dienone is 1. The summed E-state index contributed by atoms with van der Waals surface area (Å²) in [6, 6.07) is 25.1. The zero-order chi connectivity index (χ0) is 23.0. The van der Waals surface area contributed by atoms with Gasteiger partial charge >= 0.3 is 6.18 Å². The van der Waals surface area contributed by atoms with Crippen LogP contribution >= 0.6 is 0 Å². The van der Waals surface area contributed by atoms with Crippen molar-refractivity contribution >= 4 is 17.4 Å². The van der Waals surface area contributed by atoms with Gasteiger partial charge in [0.05, 0.1) is 0 Å². The summed E-state index contributed by atoms with van der Waals surface area (Å²) in [6.45, 7) is 0. The third-order valence-corrected chi connectivity index (χ3v) is 4.67. The summed E-state index contributed by atoms with van der Waals surface area (Å²) < 4.78 is 37.2. The topological polar surface area (TPSA) is 58.2 Å². The maximum Gasteiger partial charge on any atom is 0.454 e. The minimum absolute atomic E-state index is 0.222. The Balaban J connectivity index is 1.71. The second-order valence-electron chi connectivity index (χ2n) is 7.04. The van der Waals surface area contributed by atoms with Gasteiger partial charge in [0.2, 0.25) is 5.91 Å². The predicted molar refractivity (Wildman–Crippen MR) is 118 cm³/mol. The van der Waals surface area contributed by atoms with Crippen molar-refractivity contribution in [3.05, 3.63) is 103 Å². The molecule has 0 aliphatic heterocycles. The van der Waals surface area contributed by atoms with E-state index in [1.807, 2.05) is 48.5 Å². The first kappa shape index (κ1) is 22.8. The highest BCUT2D eigenvalue weighted by Crippen LogP contribution is 2.21. The van der Waals surface area contributed by atoms with Crippen LogP contribution in [-0.4, -0.2) is 23.9 Å². The van der Waals surface area contributed by atoms with Crippen LogP contribution < -0.4 is 10.6 Å². The van der Waals surface area contributed by atoms with E-state index in [0.29, 0.717) is 11.8 Å². The molecule has 3 rings (SSSR count). The molecule has 0 fully saturated rings. The zero-order valence-electron chi connectivity index (χ0n) is 17.0. The number of carbonyl (C=O) groups excluding carboxylic acids is 2. The van der Waals surface area contributed by atoms with Gasteiger partial charge in [-0.15, -0.1) is 0 Å². The molecular formula is C25H21F3N2O2. The fourth-order valence-corrected chi connectivity index (χ4v) is 3.02. The number of halogens is 3. The van der Waals surface area contributed by atoms with Crippen LogP contribution in [0.5, 0.6) is 0 Å². The molecule has 0 radical (unpaired) electrons. The van der Waals surface area contributed by atoms with Crippen molar-refractivity contribution in [3.8, 4) is 11.1 Å². The molecule has 0 aliphatic carbocycles. The van der Waals surface area contributed by atoms with E-state index >= 15 is 0 Å². The Kier molecular flexibility index (Phi) is 7.44. The van der Waals surface area contributed by atoms with Crippen molar-refractivity contribution in [2.45, 2.75) is 18.6 Å². The second-order valence-corrected chi connectivity index (χ2v) is 7.04. The van der Waals surface area contributed by atoms with Gasteiger partial charge in [-0.2, -0.15) is 13.2 Å². The van der Waals surface area contributed by atoms with Crippen LogP contribution in [0.1, 0.15) is 5.56 Å². The van der Waals surface area contributed by atoms with Crippen LogP contribution in [0.25, 0.3) is 11.1 Å². The Bertz CT molecular complexity index is 1060. The Labute approximate surface area is 183 Å². The molecule has 0 spiro atoms. The van der Waals surface area contributed by atoms with Crippen molar-refractivity contribution < 1.29 is 22.8 Å². The number of benzene rings is 3. The Morgan fingerprint density at radius 3 is 1.97 bits per heavy atom. The van der Waals surface area contributed by atoms with E-state index in [1.54, 1.807) is 36.4 Å². The first-order valence-electron chi connectivity index (χ1n) is 9.87. The van der Waals surface area contributed by atoms with Crippen LogP contribution in [0.3, 0.4) is 0 Å². The summed E-state index contributed by atoms with van der Waals surface area (Å²) in [5.74, 6) is -2.44.